The van der Waals surface area contributed by atoms with E-state index < -0.39 is 24.0 Å². The average Bonchev–Trinajstić information content (AvgIpc) is 2.68. The van der Waals surface area contributed by atoms with Gasteiger partial charge in [-0.25, -0.2) is 8.78 Å². The van der Waals surface area contributed by atoms with Gasteiger partial charge in [-0.3, -0.25) is 9.59 Å². The highest BCUT2D eigenvalue weighted by atomic mass is 19.1. The van der Waals surface area contributed by atoms with Gasteiger partial charge in [-0.15, -0.1) is 0 Å². The molecular formula is C18H16F2N2O2. The van der Waals surface area contributed by atoms with Crippen molar-refractivity contribution < 1.29 is 18.4 Å². The Morgan fingerprint density at radius 2 is 1.83 bits per heavy atom. The van der Waals surface area contributed by atoms with E-state index in [-0.39, 0.29) is 24.1 Å². The molecule has 6 heteroatoms. The number of para-hydroxylation sites is 1. The van der Waals surface area contributed by atoms with Crippen LogP contribution >= 0.6 is 0 Å². The molecule has 1 N–H and O–H groups in total. The molecule has 1 atom stereocenters. The molecule has 0 fully saturated rings. The number of nitrogens with one attached hydrogen (secondary N) is 1. The molecule has 0 saturated heterocycles. The minimum atomic E-state index is -0.756. The molecule has 0 radical (unpaired) electrons. The van der Waals surface area contributed by atoms with Gasteiger partial charge in [0.05, 0.1) is 17.7 Å². The second kappa shape index (κ2) is 6.39. The Labute approximate surface area is 138 Å². The zero-order valence-corrected chi connectivity index (χ0v) is 13.1. The predicted molar refractivity (Wildman–Crippen MR) is 85.8 cm³/mol. The number of anilines is 1. The molecule has 2 amide bonds. The van der Waals surface area contributed by atoms with Crippen LogP contribution in [0.5, 0.6) is 0 Å². The first-order chi connectivity index (χ1) is 11.5. The number of fused-ring (bicyclic) bond motifs is 1. The Balaban J connectivity index is 1.96. The summed E-state index contributed by atoms with van der Waals surface area (Å²) in [5.41, 5.74) is 0.543. The van der Waals surface area contributed by atoms with Crippen LogP contribution in [0.3, 0.4) is 0 Å². The van der Waals surface area contributed by atoms with Crippen molar-refractivity contribution in [1.29, 1.82) is 0 Å². The van der Waals surface area contributed by atoms with Crippen molar-refractivity contribution >= 4 is 17.5 Å². The highest BCUT2D eigenvalue weighted by Gasteiger charge is 2.28. The monoisotopic (exact) mass is 330 g/mol. The first kappa shape index (κ1) is 16.1. The van der Waals surface area contributed by atoms with Crippen LogP contribution in [0.1, 0.15) is 22.8 Å². The van der Waals surface area contributed by atoms with Gasteiger partial charge in [-0.2, -0.15) is 0 Å². The van der Waals surface area contributed by atoms with Crippen molar-refractivity contribution in [3.63, 3.8) is 0 Å². The Hall–Kier alpha value is -2.76. The van der Waals surface area contributed by atoms with Gasteiger partial charge in [-0.1, -0.05) is 18.2 Å². The maximum Gasteiger partial charge on any atom is 0.253 e. The fourth-order valence-corrected chi connectivity index (χ4v) is 2.80. The third-order valence-corrected chi connectivity index (χ3v) is 3.96. The fourth-order valence-electron chi connectivity index (χ4n) is 2.80. The Morgan fingerprint density at radius 1 is 1.17 bits per heavy atom. The van der Waals surface area contributed by atoms with E-state index in [0.29, 0.717) is 11.3 Å². The van der Waals surface area contributed by atoms with Gasteiger partial charge in [-0.05, 0) is 31.2 Å². The number of carbonyl (C=O) groups is 2. The molecule has 124 valence electrons. The normalized spacial score (nSPS) is 17.0. The summed E-state index contributed by atoms with van der Waals surface area (Å²) in [5, 5.41) is 2.79. The summed E-state index contributed by atoms with van der Waals surface area (Å²) in [7, 11) is 0. The molecule has 1 aliphatic rings. The molecule has 0 bridgehead atoms. The Bertz CT molecular complexity index is 787. The summed E-state index contributed by atoms with van der Waals surface area (Å²) in [6, 6.07) is 9.91. The summed E-state index contributed by atoms with van der Waals surface area (Å²) >= 11 is 0. The van der Waals surface area contributed by atoms with Crippen LogP contribution in [-0.4, -0.2) is 24.4 Å². The van der Waals surface area contributed by atoms with Crippen molar-refractivity contribution in [2.45, 2.75) is 19.4 Å². The van der Waals surface area contributed by atoms with Gasteiger partial charge >= 0.3 is 0 Å². The van der Waals surface area contributed by atoms with Gasteiger partial charge in [0.2, 0.25) is 5.91 Å². The van der Waals surface area contributed by atoms with E-state index in [4.69, 9.17) is 0 Å². The largest absolute Gasteiger partial charge is 0.348 e. The van der Waals surface area contributed by atoms with E-state index in [9.17, 15) is 18.4 Å². The number of carbonyl (C=O) groups excluding carboxylic acids is 2. The van der Waals surface area contributed by atoms with Crippen LogP contribution < -0.4 is 10.2 Å². The summed E-state index contributed by atoms with van der Waals surface area (Å²) in [6.45, 7) is 2.01. The molecule has 3 rings (SSSR count). The van der Waals surface area contributed by atoms with E-state index in [2.05, 4.69) is 5.32 Å². The quantitative estimate of drug-likeness (QED) is 0.920. The number of hydrogen-bond acceptors (Lipinski definition) is 2. The standard InChI is InChI=1S/C18H16F2N2O2/c1-11-10-22(16-8-3-2-5-12(16)18(24)21-11)17(23)9-13-14(19)6-4-7-15(13)20/h2-8,11H,9-10H2,1H3,(H,21,24)/t11-/m0/s1. The topological polar surface area (TPSA) is 49.4 Å². The molecule has 0 unspecified atom stereocenters. The highest BCUT2D eigenvalue weighted by Crippen LogP contribution is 2.25. The second-order valence-corrected chi connectivity index (χ2v) is 5.77. The van der Waals surface area contributed by atoms with Crippen molar-refractivity contribution in [2.75, 3.05) is 11.4 Å². The number of halogens is 2. The van der Waals surface area contributed by atoms with Crippen molar-refractivity contribution in [3.05, 3.63) is 65.2 Å². The third kappa shape index (κ3) is 2.99. The molecule has 1 heterocycles. The number of rotatable bonds is 2. The summed E-state index contributed by atoms with van der Waals surface area (Å²) in [6.07, 6.45) is -0.409. The molecule has 24 heavy (non-hydrogen) atoms. The van der Waals surface area contributed by atoms with Gasteiger partial charge < -0.3 is 10.2 Å². The lowest BCUT2D eigenvalue weighted by atomic mass is 10.1. The molecule has 1 aliphatic heterocycles. The average molecular weight is 330 g/mol. The molecule has 0 spiro atoms. The van der Waals surface area contributed by atoms with Crippen LogP contribution in [-0.2, 0) is 11.2 Å². The number of amides is 2. The van der Waals surface area contributed by atoms with Crippen molar-refractivity contribution in [1.82, 2.24) is 5.32 Å². The van der Waals surface area contributed by atoms with E-state index >= 15 is 0 Å². The molecular weight excluding hydrogens is 314 g/mol. The SMILES string of the molecule is C[C@H]1CN(C(=O)Cc2c(F)cccc2F)c2ccccc2C(=O)N1. The fraction of sp³-hybridized carbons (Fsp3) is 0.222. The van der Waals surface area contributed by atoms with Gasteiger partial charge in [0.1, 0.15) is 11.6 Å². The van der Waals surface area contributed by atoms with Gasteiger partial charge in [0.25, 0.3) is 5.91 Å². The summed E-state index contributed by atoms with van der Waals surface area (Å²) in [4.78, 5) is 26.3. The second-order valence-electron chi connectivity index (χ2n) is 5.77. The minimum absolute atomic E-state index is 0.234. The smallest absolute Gasteiger partial charge is 0.253 e. The maximum atomic E-state index is 13.8. The van der Waals surface area contributed by atoms with Crippen molar-refractivity contribution in [3.8, 4) is 0 Å². The molecule has 0 saturated carbocycles. The first-order valence-corrected chi connectivity index (χ1v) is 7.60. The summed E-state index contributed by atoms with van der Waals surface area (Å²) < 4.78 is 27.6. The van der Waals surface area contributed by atoms with E-state index in [1.165, 1.54) is 11.0 Å². The Morgan fingerprint density at radius 3 is 2.54 bits per heavy atom. The molecule has 2 aromatic rings. The van der Waals surface area contributed by atoms with Crippen LogP contribution in [0.4, 0.5) is 14.5 Å². The molecule has 2 aromatic carbocycles. The zero-order chi connectivity index (χ0) is 17.3. The van der Waals surface area contributed by atoms with E-state index in [0.717, 1.165) is 12.1 Å². The minimum Gasteiger partial charge on any atom is -0.348 e. The highest BCUT2D eigenvalue weighted by molar-refractivity contribution is 6.06. The lowest BCUT2D eigenvalue weighted by Crippen LogP contribution is -2.41. The Kier molecular flexibility index (Phi) is 4.29. The zero-order valence-electron chi connectivity index (χ0n) is 13.1. The molecule has 0 aromatic heterocycles. The summed E-state index contributed by atoms with van der Waals surface area (Å²) in [5.74, 6) is -2.25. The van der Waals surface area contributed by atoms with Crippen LogP contribution in [0.2, 0.25) is 0 Å². The lowest BCUT2D eigenvalue weighted by Gasteiger charge is -2.24. The van der Waals surface area contributed by atoms with E-state index in [1.807, 2.05) is 0 Å². The van der Waals surface area contributed by atoms with Crippen LogP contribution in [0.25, 0.3) is 0 Å². The van der Waals surface area contributed by atoms with Gasteiger partial charge in [0.15, 0.2) is 0 Å². The van der Waals surface area contributed by atoms with Gasteiger partial charge in [0, 0.05) is 18.2 Å². The maximum absolute atomic E-state index is 13.8. The first-order valence-electron chi connectivity index (χ1n) is 7.60. The number of benzene rings is 2. The van der Waals surface area contributed by atoms with Crippen molar-refractivity contribution in [2.24, 2.45) is 0 Å². The van der Waals surface area contributed by atoms with E-state index in [1.54, 1.807) is 31.2 Å². The third-order valence-electron chi connectivity index (χ3n) is 3.96. The molecule has 4 nitrogen and oxygen atoms in total. The molecule has 0 aliphatic carbocycles. The number of nitrogens with zero attached hydrogens (tertiary/aromatic N) is 1. The van der Waals surface area contributed by atoms with Crippen LogP contribution in [0.15, 0.2) is 42.5 Å². The lowest BCUT2D eigenvalue weighted by molar-refractivity contribution is -0.118. The number of hydrogen-bond donors (Lipinski definition) is 1. The van der Waals surface area contributed by atoms with Crippen LogP contribution in [0, 0.1) is 11.6 Å². The predicted octanol–water partition coefficient (Wildman–Crippen LogP) is 2.67.